The van der Waals surface area contributed by atoms with E-state index >= 15 is 0 Å². The van der Waals surface area contributed by atoms with Crippen molar-refractivity contribution < 1.29 is 4.74 Å². The molecule has 0 spiro atoms. The van der Waals surface area contributed by atoms with Gasteiger partial charge >= 0.3 is 0 Å². The first-order chi connectivity index (χ1) is 10.1. The Labute approximate surface area is 129 Å². The number of nitrogens with two attached hydrogens (primary N) is 1. The molecule has 0 saturated carbocycles. The smallest absolute Gasteiger partial charge is 0.119 e. The fraction of sp³-hybridized carbons (Fsp3) is 0.667. The summed E-state index contributed by atoms with van der Waals surface area (Å²) in [5, 5.41) is 0. The summed E-state index contributed by atoms with van der Waals surface area (Å²) < 4.78 is 5.87. The Balaban J connectivity index is 1.74. The molecule has 0 bridgehead atoms. The average Bonchev–Trinajstić information content (AvgIpc) is 2.47. The van der Waals surface area contributed by atoms with Gasteiger partial charge < -0.3 is 10.5 Å². The van der Waals surface area contributed by atoms with Crippen LogP contribution in [0.1, 0.15) is 43.7 Å². The molecule has 1 aliphatic rings. The number of benzene rings is 1. The van der Waals surface area contributed by atoms with Gasteiger partial charge in [-0.2, -0.15) is 0 Å². The third-order valence-electron chi connectivity index (χ3n) is 4.61. The zero-order chi connectivity index (χ0) is 15.2. The molecule has 21 heavy (non-hydrogen) atoms. The monoisotopic (exact) mass is 290 g/mol. The largest absolute Gasteiger partial charge is 0.494 e. The topological polar surface area (TPSA) is 38.5 Å². The number of piperidine rings is 1. The fourth-order valence-corrected chi connectivity index (χ4v) is 3.15. The highest BCUT2D eigenvalue weighted by molar-refractivity contribution is 5.33. The lowest BCUT2D eigenvalue weighted by atomic mass is 9.97. The molecular weight excluding hydrogens is 260 g/mol. The molecule has 3 heteroatoms. The van der Waals surface area contributed by atoms with E-state index in [0.29, 0.717) is 6.04 Å². The molecule has 1 aromatic carbocycles. The molecule has 2 rings (SSSR count). The van der Waals surface area contributed by atoms with Crippen LogP contribution in [0.15, 0.2) is 18.2 Å². The summed E-state index contributed by atoms with van der Waals surface area (Å²) in [6.07, 6.45) is 4.94. The predicted molar refractivity (Wildman–Crippen MR) is 88.9 cm³/mol. The maximum Gasteiger partial charge on any atom is 0.119 e. The first kappa shape index (κ1) is 16.3. The maximum atomic E-state index is 6.11. The van der Waals surface area contributed by atoms with Crippen LogP contribution in [-0.4, -0.2) is 36.7 Å². The third-order valence-corrected chi connectivity index (χ3v) is 4.61. The van der Waals surface area contributed by atoms with Crippen molar-refractivity contribution >= 4 is 0 Å². The van der Waals surface area contributed by atoms with Gasteiger partial charge in [0, 0.05) is 18.6 Å². The lowest BCUT2D eigenvalue weighted by Crippen LogP contribution is -2.49. The number of hydrogen-bond acceptors (Lipinski definition) is 3. The molecule has 0 aromatic heterocycles. The van der Waals surface area contributed by atoms with Crippen LogP contribution in [0, 0.1) is 13.8 Å². The van der Waals surface area contributed by atoms with E-state index in [0.717, 1.165) is 25.3 Å². The van der Waals surface area contributed by atoms with Crippen LogP contribution in [0.3, 0.4) is 0 Å². The van der Waals surface area contributed by atoms with Crippen LogP contribution in [0.4, 0.5) is 0 Å². The second-order valence-corrected chi connectivity index (χ2v) is 6.41. The predicted octanol–water partition coefficient (Wildman–Crippen LogP) is 3.27. The van der Waals surface area contributed by atoms with Crippen molar-refractivity contribution in [1.82, 2.24) is 4.90 Å². The molecule has 0 radical (unpaired) electrons. The van der Waals surface area contributed by atoms with Gasteiger partial charge in [0.2, 0.25) is 0 Å². The van der Waals surface area contributed by atoms with Crippen LogP contribution in [-0.2, 0) is 0 Å². The van der Waals surface area contributed by atoms with Crippen molar-refractivity contribution in [3.63, 3.8) is 0 Å². The average molecular weight is 290 g/mol. The van der Waals surface area contributed by atoms with Crippen molar-refractivity contribution in [2.24, 2.45) is 5.73 Å². The Bertz CT molecular complexity index is 445. The van der Waals surface area contributed by atoms with Gasteiger partial charge in [-0.25, -0.2) is 0 Å². The molecule has 1 aliphatic heterocycles. The first-order valence-corrected chi connectivity index (χ1v) is 8.27. The standard InChI is InChI=1S/C18H30N2O/c1-14-8-9-17(13-15(14)2)21-12-6-11-20-10-5-4-7-18(20)16(3)19/h8-9,13,16,18H,4-7,10-12,19H2,1-3H3. The van der Waals surface area contributed by atoms with Crippen LogP contribution in [0.2, 0.25) is 0 Å². The molecular formula is C18H30N2O. The van der Waals surface area contributed by atoms with Crippen LogP contribution in [0.25, 0.3) is 0 Å². The second-order valence-electron chi connectivity index (χ2n) is 6.41. The third kappa shape index (κ3) is 4.72. The Morgan fingerprint density at radius 1 is 1.29 bits per heavy atom. The second kappa shape index (κ2) is 7.81. The minimum absolute atomic E-state index is 0.269. The Morgan fingerprint density at radius 3 is 2.81 bits per heavy atom. The van der Waals surface area contributed by atoms with E-state index < -0.39 is 0 Å². The number of hydrogen-bond donors (Lipinski definition) is 1. The SMILES string of the molecule is Cc1ccc(OCCCN2CCCCC2C(C)N)cc1C. The van der Waals surface area contributed by atoms with E-state index in [1.165, 1.54) is 36.9 Å². The number of nitrogens with zero attached hydrogens (tertiary/aromatic N) is 1. The van der Waals surface area contributed by atoms with Gasteiger partial charge in [-0.3, -0.25) is 4.90 Å². The minimum Gasteiger partial charge on any atom is -0.494 e. The molecule has 1 heterocycles. The summed E-state index contributed by atoms with van der Waals surface area (Å²) in [6, 6.07) is 7.14. The Kier molecular flexibility index (Phi) is 6.07. The van der Waals surface area contributed by atoms with Crippen LogP contribution < -0.4 is 10.5 Å². The molecule has 1 saturated heterocycles. The highest BCUT2D eigenvalue weighted by Crippen LogP contribution is 2.20. The van der Waals surface area contributed by atoms with Gasteiger partial charge in [0.1, 0.15) is 5.75 Å². The Hall–Kier alpha value is -1.06. The maximum absolute atomic E-state index is 6.11. The van der Waals surface area contributed by atoms with Gasteiger partial charge in [0.05, 0.1) is 6.61 Å². The van der Waals surface area contributed by atoms with Crippen molar-refractivity contribution in [1.29, 1.82) is 0 Å². The molecule has 2 atom stereocenters. The number of aryl methyl sites for hydroxylation is 2. The lowest BCUT2D eigenvalue weighted by Gasteiger charge is -2.38. The van der Waals surface area contributed by atoms with Crippen molar-refractivity contribution in [3.8, 4) is 5.75 Å². The van der Waals surface area contributed by atoms with Gasteiger partial charge in [0.15, 0.2) is 0 Å². The first-order valence-electron chi connectivity index (χ1n) is 8.27. The summed E-state index contributed by atoms with van der Waals surface area (Å²) in [6.45, 7) is 9.46. The van der Waals surface area contributed by atoms with Gasteiger partial charge in [-0.15, -0.1) is 0 Å². The van der Waals surface area contributed by atoms with Gasteiger partial charge in [0.25, 0.3) is 0 Å². The zero-order valence-electron chi connectivity index (χ0n) is 13.8. The van der Waals surface area contributed by atoms with E-state index in [9.17, 15) is 0 Å². The molecule has 0 aliphatic carbocycles. The summed E-state index contributed by atoms with van der Waals surface area (Å²) in [7, 11) is 0. The summed E-state index contributed by atoms with van der Waals surface area (Å²) >= 11 is 0. The molecule has 2 N–H and O–H groups in total. The quantitative estimate of drug-likeness (QED) is 0.817. The van der Waals surface area contributed by atoms with Crippen LogP contribution >= 0.6 is 0 Å². The highest BCUT2D eigenvalue weighted by atomic mass is 16.5. The fourth-order valence-electron chi connectivity index (χ4n) is 3.15. The summed E-state index contributed by atoms with van der Waals surface area (Å²) in [5.41, 5.74) is 8.72. The number of rotatable bonds is 6. The summed E-state index contributed by atoms with van der Waals surface area (Å²) in [4.78, 5) is 2.55. The van der Waals surface area contributed by atoms with Crippen LogP contribution in [0.5, 0.6) is 5.75 Å². The molecule has 118 valence electrons. The molecule has 1 fully saturated rings. The minimum atomic E-state index is 0.269. The van der Waals surface area contributed by atoms with Gasteiger partial charge in [-0.05, 0) is 69.8 Å². The molecule has 3 nitrogen and oxygen atoms in total. The Morgan fingerprint density at radius 2 is 2.10 bits per heavy atom. The molecule has 2 unspecified atom stereocenters. The lowest BCUT2D eigenvalue weighted by molar-refractivity contribution is 0.122. The van der Waals surface area contributed by atoms with E-state index in [2.05, 4.69) is 43.9 Å². The summed E-state index contributed by atoms with van der Waals surface area (Å²) in [5.74, 6) is 0.987. The van der Waals surface area contributed by atoms with E-state index in [4.69, 9.17) is 10.5 Å². The van der Waals surface area contributed by atoms with Crippen molar-refractivity contribution in [2.45, 2.75) is 58.5 Å². The number of likely N-dealkylation sites (tertiary alicyclic amines) is 1. The zero-order valence-corrected chi connectivity index (χ0v) is 13.8. The molecule has 0 amide bonds. The highest BCUT2D eigenvalue weighted by Gasteiger charge is 2.24. The van der Waals surface area contributed by atoms with Crippen molar-refractivity contribution in [2.75, 3.05) is 19.7 Å². The number of ether oxygens (including phenoxy) is 1. The normalized spacial score (nSPS) is 21.2. The van der Waals surface area contributed by atoms with E-state index in [-0.39, 0.29) is 6.04 Å². The molecule has 1 aromatic rings. The van der Waals surface area contributed by atoms with E-state index in [1.54, 1.807) is 0 Å². The van der Waals surface area contributed by atoms with Crippen molar-refractivity contribution in [3.05, 3.63) is 29.3 Å². The van der Waals surface area contributed by atoms with Gasteiger partial charge in [-0.1, -0.05) is 12.5 Å². The van der Waals surface area contributed by atoms with E-state index in [1.807, 2.05) is 0 Å².